The van der Waals surface area contributed by atoms with Crippen molar-refractivity contribution >= 4 is 18.2 Å². The lowest BCUT2D eigenvalue weighted by atomic mass is 9.92. The van der Waals surface area contributed by atoms with Crippen LogP contribution in [0.4, 0.5) is 0 Å². The smallest absolute Gasteiger partial charge is 0.343 e. The topological polar surface area (TPSA) is 30.2 Å². The van der Waals surface area contributed by atoms with Crippen molar-refractivity contribution in [2.75, 3.05) is 0 Å². The highest BCUT2D eigenvalue weighted by atomic mass is 16.4. The minimum Gasteiger partial charge on any atom is -0.422 e. The molecule has 2 heteroatoms. The predicted molar refractivity (Wildman–Crippen MR) is 70.8 cm³/mol. The van der Waals surface area contributed by atoms with Gasteiger partial charge in [-0.25, -0.2) is 4.79 Å². The van der Waals surface area contributed by atoms with Gasteiger partial charge in [-0.3, -0.25) is 0 Å². The highest BCUT2D eigenvalue weighted by molar-refractivity contribution is 5.51. The van der Waals surface area contributed by atoms with Gasteiger partial charge < -0.3 is 4.42 Å². The van der Waals surface area contributed by atoms with E-state index in [-0.39, 0.29) is 11.0 Å². The van der Waals surface area contributed by atoms with Gasteiger partial charge in [0, 0.05) is 10.6 Å². The Balaban J connectivity index is 2.80. The standard InChI is InChI=1S/C15H16O2/c1-4-6-11-9-12-10-15(2,3)8-5-7-13(12)17-14(11)16/h4-10H,1-3H3/b6-4+. The van der Waals surface area contributed by atoms with Crippen molar-refractivity contribution in [2.45, 2.75) is 20.8 Å². The summed E-state index contributed by atoms with van der Waals surface area (Å²) in [7, 11) is 0. The normalized spacial score (nSPS) is 17.1. The Morgan fingerprint density at radius 2 is 2.12 bits per heavy atom. The van der Waals surface area contributed by atoms with Crippen molar-refractivity contribution in [2.24, 2.45) is 5.41 Å². The molecular formula is C15H16O2. The van der Waals surface area contributed by atoms with E-state index >= 15 is 0 Å². The van der Waals surface area contributed by atoms with Crippen LogP contribution in [0.3, 0.4) is 0 Å². The minimum absolute atomic E-state index is 0.0329. The maximum Gasteiger partial charge on any atom is 0.343 e. The molecule has 0 N–H and O–H groups in total. The Hall–Kier alpha value is -1.83. The lowest BCUT2D eigenvalue weighted by molar-refractivity contribution is 0.471. The molecule has 1 aliphatic rings. The Morgan fingerprint density at radius 1 is 1.35 bits per heavy atom. The molecule has 0 fully saturated rings. The molecule has 0 aliphatic heterocycles. The van der Waals surface area contributed by atoms with E-state index in [1.165, 1.54) is 0 Å². The van der Waals surface area contributed by atoms with E-state index in [0.717, 1.165) is 5.22 Å². The second-order valence-electron chi connectivity index (χ2n) is 4.80. The van der Waals surface area contributed by atoms with Crippen LogP contribution >= 0.6 is 0 Å². The molecule has 88 valence electrons. The Labute approximate surface area is 100 Å². The first-order valence-corrected chi connectivity index (χ1v) is 5.71. The Bertz CT molecular complexity index is 655. The highest BCUT2D eigenvalue weighted by Crippen LogP contribution is 2.19. The fraction of sp³-hybridized carbons (Fsp3) is 0.267. The maximum absolute atomic E-state index is 11.7. The zero-order valence-corrected chi connectivity index (χ0v) is 10.4. The molecule has 0 amide bonds. The second-order valence-corrected chi connectivity index (χ2v) is 4.80. The van der Waals surface area contributed by atoms with Gasteiger partial charge in [-0.05, 0) is 19.1 Å². The summed E-state index contributed by atoms with van der Waals surface area (Å²) in [6.07, 6.45) is 11.6. The van der Waals surface area contributed by atoms with Gasteiger partial charge in [0.25, 0.3) is 0 Å². The van der Waals surface area contributed by atoms with Gasteiger partial charge in [-0.15, -0.1) is 0 Å². The fourth-order valence-corrected chi connectivity index (χ4v) is 1.89. The molecule has 0 spiro atoms. The average Bonchev–Trinajstić information content (AvgIpc) is 2.37. The molecule has 0 saturated heterocycles. The number of hydrogen-bond acceptors (Lipinski definition) is 2. The molecule has 1 aromatic rings. The Kier molecular flexibility index (Phi) is 2.88. The summed E-state index contributed by atoms with van der Waals surface area (Å²) in [4.78, 5) is 11.7. The van der Waals surface area contributed by atoms with E-state index in [9.17, 15) is 4.79 Å². The van der Waals surface area contributed by atoms with Crippen LogP contribution in [-0.4, -0.2) is 0 Å². The second kappa shape index (κ2) is 4.21. The van der Waals surface area contributed by atoms with Gasteiger partial charge in [-0.2, -0.15) is 0 Å². The average molecular weight is 228 g/mol. The van der Waals surface area contributed by atoms with Gasteiger partial charge in [0.1, 0.15) is 5.42 Å². The summed E-state index contributed by atoms with van der Waals surface area (Å²) in [6, 6.07) is 1.88. The third-order valence-electron chi connectivity index (χ3n) is 2.68. The summed E-state index contributed by atoms with van der Waals surface area (Å²) in [6.45, 7) is 6.12. The summed E-state index contributed by atoms with van der Waals surface area (Å²) in [5.74, 6) is 0. The molecule has 1 heterocycles. The number of hydrogen-bond donors (Lipinski definition) is 0. The molecule has 0 saturated carbocycles. The monoisotopic (exact) mass is 228 g/mol. The van der Waals surface area contributed by atoms with Crippen molar-refractivity contribution in [3.63, 3.8) is 0 Å². The first-order valence-electron chi connectivity index (χ1n) is 5.71. The number of rotatable bonds is 1. The van der Waals surface area contributed by atoms with Crippen LogP contribution in [0, 0.1) is 5.41 Å². The predicted octanol–water partition coefficient (Wildman–Crippen LogP) is 1.83. The first kappa shape index (κ1) is 11.6. The molecule has 2 nitrogen and oxygen atoms in total. The van der Waals surface area contributed by atoms with E-state index in [1.807, 2.05) is 31.2 Å². The molecule has 0 aromatic carbocycles. The van der Waals surface area contributed by atoms with Crippen LogP contribution in [0.2, 0.25) is 0 Å². The van der Waals surface area contributed by atoms with Crippen molar-refractivity contribution in [3.05, 3.63) is 50.9 Å². The van der Waals surface area contributed by atoms with E-state index in [0.29, 0.717) is 11.0 Å². The molecule has 0 bridgehead atoms. The van der Waals surface area contributed by atoms with E-state index in [4.69, 9.17) is 4.42 Å². The van der Waals surface area contributed by atoms with Crippen molar-refractivity contribution in [1.82, 2.24) is 0 Å². The molecule has 17 heavy (non-hydrogen) atoms. The number of allylic oxidation sites excluding steroid dienone is 3. The van der Waals surface area contributed by atoms with E-state index in [1.54, 1.807) is 6.08 Å². The third-order valence-corrected chi connectivity index (χ3v) is 2.68. The van der Waals surface area contributed by atoms with Gasteiger partial charge in [-0.1, -0.05) is 44.2 Å². The van der Waals surface area contributed by atoms with Gasteiger partial charge >= 0.3 is 5.63 Å². The van der Waals surface area contributed by atoms with Crippen LogP contribution in [0.25, 0.3) is 18.2 Å². The summed E-state index contributed by atoms with van der Waals surface area (Å²) in [5, 5.41) is 0.965. The van der Waals surface area contributed by atoms with Crippen LogP contribution in [0.5, 0.6) is 0 Å². The minimum atomic E-state index is -0.292. The zero-order chi connectivity index (χ0) is 12.5. The molecule has 0 atom stereocenters. The SMILES string of the molecule is C/C=C/c1cc2c(oc1=O)=CC=CC(C)(C)C=2. The zero-order valence-electron chi connectivity index (χ0n) is 10.4. The molecule has 1 aliphatic carbocycles. The molecule has 0 unspecified atom stereocenters. The van der Waals surface area contributed by atoms with Crippen LogP contribution in [0.15, 0.2) is 33.5 Å². The lowest BCUT2D eigenvalue weighted by Gasteiger charge is -2.12. The largest absolute Gasteiger partial charge is 0.422 e. The van der Waals surface area contributed by atoms with Crippen molar-refractivity contribution in [3.8, 4) is 0 Å². The van der Waals surface area contributed by atoms with Crippen molar-refractivity contribution < 1.29 is 4.42 Å². The molecule has 0 radical (unpaired) electrons. The van der Waals surface area contributed by atoms with E-state index in [2.05, 4.69) is 26.0 Å². The molecule has 1 aromatic heterocycles. The Morgan fingerprint density at radius 3 is 2.82 bits per heavy atom. The first-order chi connectivity index (χ1) is 8.02. The number of fused-ring (bicyclic) bond motifs is 1. The van der Waals surface area contributed by atoms with Crippen LogP contribution in [-0.2, 0) is 0 Å². The quantitative estimate of drug-likeness (QED) is 0.734. The maximum atomic E-state index is 11.7. The summed E-state index contributed by atoms with van der Waals surface area (Å²) < 4.78 is 5.31. The highest BCUT2D eigenvalue weighted by Gasteiger charge is 2.11. The van der Waals surface area contributed by atoms with Gasteiger partial charge in [0.05, 0.1) is 5.56 Å². The summed E-state index contributed by atoms with van der Waals surface area (Å²) >= 11 is 0. The lowest BCUT2D eigenvalue weighted by Crippen LogP contribution is -2.31. The van der Waals surface area contributed by atoms with Gasteiger partial charge in [0.15, 0.2) is 0 Å². The van der Waals surface area contributed by atoms with E-state index < -0.39 is 0 Å². The van der Waals surface area contributed by atoms with Gasteiger partial charge in [0.2, 0.25) is 0 Å². The third kappa shape index (κ3) is 2.47. The van der Waals surface area contributed by atoms with Crippen molar-refractivity contribution in [1.29, 1.82) is 0 Å². The fourth-order valence-electron chi connectivity index (χ4n) is 1.89. The van der Waals surface area contributed by atoms with Crippen LogP contribution in [0.1, 0.15) is 26.3 Å². The molecule has 2 rings (SSSR count). The van der Waals surface area contributed by atoms with Crippen LogP contribution < -0.4 is 16.3 Å². The summed E-state index contributed by atoms with van der Waals surface area (Å²) in [5.41, 5.74) is 0.896. The molecular weight excluding hydrogens is 212 g/mol.